The Morgan fingerprint density at radius 3 is 2.76 bits per heavy atom. The van der Waals surface area contributed by atoms with Crippen LogP contribution in [0.1, 0.15) is 5.69 Å². The third-order valence-corrected chi connectivity index (χ3v) is 5.58. The van der Waals surface area contributed by atoms with Crippen LogP contribution in [0.3, 0.4) is 0 Å². The second-order valence-corrected chi connectivity index (χ2v) is 7.96. The van der Waals surface area contributed by atoms with Crippen molar-refractivity contribution in [1.29, 1.82) is 0 Å². The number of fused-ring (bicyclic) bond motifs is 1. The second kappa shape index (κ2) is 9.58. The zero-order valence-corrected chi connectivity index (χ0v) is 18.6. The number of anilines is 3. The van der Waals surface area contributed by atoms with Gasteiger partial charge in [-0.3, -0.25) is 4.79 Å². The molecule has 2 aromatic heterocycles. The van der Waals surface area contributed by atoms with Crippen LogP contribution < -0.4 is 27.2 Å². The smallest absolute Gasteiger partial charge is 0.259 e. The molecule has 0 saturated carbocycles. The van der Waals surface area contributed by atoms with E-state index in [-0.39, 0.29) is 11.4 Å². The molecule has 3 heterocycles. The largest absolute Gasteiger partial charge is 0.404 e. The Bertz CT molecular complexity index is 1290. The van der Waals surface area contributed by atoms with Gasteiger partial charge in [-0.25, -0.2) is 9.98 Å². The quantitative estimate of drug-likeness (QED) is 0.429. The molecule has 0 aliphatic carbocycles. The highest BCUT2D eigenvalue weighted by atomic mass is 16.1. The van der Waals surface area contributed by atoms with Gasteiger partial charge in [-0.1, -0.05) is 12.6 Å². The number of benzene rings is 1. The molecule has 0 radical (unpaired) electrons. The highest BCUT2D eigenvalue weighted by Crippen LogP contribution is 2.27. The van der Waals surface area contributed by atoms with Crippen molar-refractivity contribution in [2.24, 2.45) is 16.5 Å². The topological polar surface area (TPSA) is 129 Å². The average molecular weight is 445 g/mol. The summed E-state index contributed by atoms with van der Waals surface area (Å²) in [6, 6.07) is 11.7. The molecule has 1 saturated heterocycles. The van der Waals surface area contributed by atoms with Crippen molar-refractivity contribution in [3.05, 3.63) is 77.2 Å². The van der Waals surface area contributed by atoms with E-state index in [1.807, 2.05) is 18.2 Å². The monoisotopic (exact) mass is 444 g/mol. The Morgan fingerprint density at radius 2 is 2.03 bits per heavy atom. The van der Waals surface area contributed by atoms with E-state index in [0.29, 0.717) is 22.5 Å². The number of allylic oxidation sites excluding steroid dienone is 1. The van der Waals surface area contributed by atoms with Gasteiger partial charge in [0, 0.05) is 61.7 Å². The molecule has 170 valence electrons. The minimum absolute atomic E-state index is 0.158. The predicted molar refractivity (Wildman–Crippen MR) is 136 cm³/mol. The molecule has 1 aliphatic rings. The Hall–Kier alpha value is -4.11. The first kappa shape index (κ1) is 22.1. The highest BCUT2D eigenvalue weighted by Gasteiger charge is 2.16. The molecule has 0 amide bonds. The Kier molecular flexibility index (Phi) is 6.41. The summed E-state index contributed by atoms with van der Waals surface area (Å²) in [6.07, 6.45) is 4.50. The van der Waals surface area contributed by atoms with E-state index in [0.717, 1.165) is 42.9 Å². The number of nitrogens with one attached hydrogen (secondary N) is 2. The van der Waals surface area contributed by atoms with Crippen molar-refractivity contribution in [3.8, 4) is 0 Å². The van der Waals surface area contributed by atoms with Crippen LogP contribution in [0.15, 0.2) is 71.0 Å². The maximum atomic E-state index is 12.7. The fourth-order valence-electron chi connectivity index (χ4n) is 3.78. The maximum Gasteiger partial charge on any atom is 0.259 e. The molecule has 33 heavy (non-hydrogen) atoms. The maximum absolute atomic E-state index is 12.7. The lowest BCUT2D eigenvalue weighted by Crippen LogP contribution is -2.44. The van der Waals surface area contributed by atoms with Crippen LogP contribution in [0.5, 0.6) is 0 Å². The number of pyridine rings is 2. The molecule has 6 N–H and O–H groups in total. The van der Waals surface area contributed by atoms with Gasteiger partial charge in [0.1, 0.15) is 11.6 Å². The van der Waals surface area contributed by atoms with Gasteiger partial charge in [0.15, 0.2) is 0 Å². The fourth-order valence-corrected chi connectivity index (χ4v) is 3.78. The fraction of sp³-hybridized carbons (Fsp3) is 0.208. The van der Waals surface area contributed by atoms with Gasteiger partial charge in [0.25, 0.3) is 5.56 Å². The summed E-state index contributed by atoms with van der Waals surface area (Å²) >= 11 is 0. The van der Waals surface area contributed by atoms with Crippen molar-refractivity contribution in [1.82, 2.24) is 14.9 Å². The molecule has 0 atom stereocenters. The van der Waals surface area contributed by atoms with Gasteiger partial charge in [0.2, 0.25) is 0 Å². The van der Waals surface area contributed by atoms with E-state index in [2.05, 4.69) is 50.9 Å². The second-order valence-electron chi connectivity index (χ2n) is 7.96. The van der Waals surface area contributed by atoms with Gasteiger partial charge in [-0.15, -0.1) is 0 Å². The van der Waals surface area contributed by atoms with Crippen LogP contribution >= 0.6 is 0 Å². The number of likely N-dealkylation sites (N-methyl/N-ethyl adjacent to an activating group) is 1. The summed E-state index contributed by atoms with van der Waals surface area (Å²) in [5, 5.41) is 4.52. The van der Waals surface area contributed by atoms with E-state index in [4.69, 9.17) is 16.5 Å². The number of hydrogen-bond acceptors (Lipinski definition) is 8. The molecule has 0 unspecified atom stereocenters. The summed E-state index contributed by atoms with van der Waals surface area (Å²) < 4.78 is 0. The lowest BCUT2D eigenvalue weighted by molar-refractivity contribution is 0.313. The van der Waals surface area contributed by atoms with E-state index in [9.17, 15) is 4.79 Å². The lowest BCUT2D eigenvalue weighted by Gasteiger charge is -2.34. The van der Waals surface area contributed by atoms with Crippen LogP contribution in [-0.2, 0) is 0 Å². The van der Waals surface area contributed by atoms with Crippen molar-refractivity contribution >= 4 is 39.8 Å². The Morgan fingerprint density at radius 1 is 1.24 bits per heavy atom. The number of rotatable bonds is 6. The number of piperazine rings is 1. The number of H-pyrrole nitrogens is 1. The summed E-state index contributed by atoms with van der Waals surface area (Å²) in [7, 11) is 2.13. The van der Waals surface area contributed by atoms with Crippen molar-refractivity contribution in [2.75, 3.05) is 43.4 Å². The van der Waals surface area contributed by atoms with E-state index in [1.54, 1.807) is 12.3 Å². The number of nitrogens with zero attached hydrogens (tertiary/aromatic N) is 4. The molecule has 0 bridgehead atoms. The van der Waals surface area contributed by atoms with Crippen LogP contribution in [0.4, 0.5) is 17.2 Å². The minimum atomic E-state index is -0.230. The molecule has 3 aromatic rings. The molecule has 0 spiro atoms. The summed E-state index contributed by atoms with van der Waals surface area (Å²) in [4.78, 5) is 28.8. The average Bonchev–Trinajstić information content (AvgIpc) is 2.80. The molecular weight excluding hydrogens is 416 g/mol. The Labute approximate surface area is 192 Å². The molecule has 1 aliphatic heterocycles. The normalized spacial score (nSPS) is 15.3. The lowest BCUT2D eigenvalue weighted by atomic mass is 10.1. The zero-order chi connectivity index (χ0) is 23.4. The van der Waals surface area contributed by atoms with Gasteiger partial charge in [-0.05, 0) is 42.8 Å². The van der Waals surface area contributed by atoms with Gasteiger partial charge in [0.05, 0.1) is 11.1 Å². The van der Waals surface area contributed by atoms with Crippen molar-refractivity contribution in [2.45, 2.75) is 0 Å². The first-order chi connectivity index (χ1) is 15.9. The van der Waals surface area contributed by atoms with E-state index >= 15 is 0 Å². The van der Waals surface area contributed by atoms with Crippen LogP contribution in [0.2, 0.25) is 0 Å². The van der Waals surface area contributed by atoms with Crippen molar-refractivity contribution in [3.63, 3.8) is 0 Å². The third kappa shape index (κ3) is 5.04. The van der Waals surface area contributed by atoms with Crippen LogP contribution in [0, 0.1) is 0 Å². The van der Waals surface area contributed by atoms with Gasteiger partial charge < -0.3 is 31.6 Å². The highest BCUT2D eigenvalue weighted by molar-refractivity contribution is 6.10. The number of aliphatic imine (C=N–C) groups is 1. The summed E-state index contributed by atoms with van der Waals surface area (Å²) in [5.41, 5.74) is 14.2. The summed E-state index contributed by atoms with van der Waals surface area (Å²) in [6.45, 7) is 7.54. The van der Waals surface area contributed by atoms with Gasteiger partial charge in [-0.2, -0.15) is 0 Å². The molecule has 9 nitrogen and oxygen atoms in total. The molecule has 1 aromatic carbocycles. The van der Waals surface area contributed by atoms with E-state index < -0.39 is 0 Å². The first-order valence-corrected chi connectivity index (χ1v) is 10.7. The molecular formula is C24H28N8O. The number of aromatic amines is 1. The molecule has 1 fully saturated rings. The van der Waals surface area contributed by atoms with Gasteiger partial charge >= 0.3 is 0 Å². The van der Waals surface area contributed by atoms with Crippen LogP contribution in [-0.4, -0.2) is 54.3 Å². The predicted octanol–water partition coefficient (Wildman–Crippen LogP) is 2.22. The number of aromatic nitrogens is 2. The SMILES string of the molecule is C=C(N)N=C/C(=C\N)c1cc2cc[nH]c(=O)c2c(Nc2cccc(N3CCN(C)CC3)c2)n1. The van der Waals surface area contributed by atoms with Crippen molar-refractivity contribution < 1.29 is 0 Å². The molecule has 4 rings (SSSR count). The summed E-state index contributed by atoms with van der Waals surface area (Å²) in [5.74, 6) is 0.588. The van der Waals surface area contributed by atoms with E-state index in [1.165, 1.54) is 12.4 Å². The number of nitrogens with two attached hydrogens (primary N) is 2. The Balaban J connectivity index is 1.73. The minimum Gasteiger partial charge on any atom is -0.404 e. The zero-order valence-electron chi connectivity index (χ0n) is 18.6. The third-order valence-electron chi connectivity index (χ3n) is 5.58. The number of hydrogen-bond donors (Lipinski definition) is 4. The first-order valence-electron chi connectivity index (χ1n) is 10.7. The standard InChI is InChI=1S/C24H28N8O/c1-16(26)28-15-18(14-25)21-12-17-6-7-27-24(33)22(17)23(30-21)29-19-4-3-5-20(13-19)32-10-8-31(2)9-11-32/h3-7,12-15H,1,8-11,25-26H2,2H3,(H,27,33)(H,29,30)/b18-14+,28-15?. The van der Waals surface area contributed by atoms with Crippen LogP contribution in [0.25, 0.3) is 16.3 Å². The molecule has 9 heteroatoms.